The van der Waals surface area contributed by atoms with Crippen molar-refractivity contribution in [2.45, 2.75) is 13.3 Å². The van der Waals surface area contributed by atoms with E-state index >= 15 is 0 Å². The van der Waals surface area contributed by atoms with Gasteiger partial charge >= 0.3 is 0 Å². The van der Waals surface area contributed by atoms with Gasteiger partial charge in [0.15, 0.2) is 0 Å². The third-order valence-corrected chi connectivity index (χ3v) is 1.52. The molecule has 0 atom stereocenters. The van der Waals surface area contributed by atoms with Gasteiger partial charge in [0.05, 0.1) is 0 Å². The zero-order valence-corrected chi connectivity index (χ0v) is 6.85. The summed E-state index contributed by atoms with van der Waals surface area (Å²) in [5, 5.41) is 0. The number of rotatable bonds is 2. The highest BCUT2D eigenvalue weighted by atomic mass is 19.1. The Labute approximate surface area is 70.5 Å². The zero-order chi connectivity index (χ0) is 8.97. The molecular formula is C10H10F2. The van der Waals surface area contributed by atoms with Crippen LogP contribution in [-0.2, 0) is 0 Å². The first kappa shape index (κ1) is 8.91. The Kier molecular flexibility index (Phi) is 2.97. The fourth-order valence-electron chi connectivity index (χ4n) is 0.906. The Balaban J connectivity index is 3.04. The van der Waals surface area contributed by atoms with Crippen molar-refractivity contribution in [1.29, 1.82) is 0 Å². The zero-order valence-electron chi connectivity index (χ0n) is 6.85. The van der Waals surface area contributed by atoms with Crippen LogP contribution in [0, 0.1) is 11.6 Å². The van der Waals surface area contributed by atoms with Crippen LogP contribution in [0.2, 0.25) is 0 Å². The summed E-state index contributed by atoms with van der Waals surface area (Å²) in [7, 11) is 0. The lowest BCUT2D eigenvalue weighted by Crippen LogP contribution is -1.86. The maximum absolute atomic E-state index is 12.9. The molecule has 1 aromatic rings. The van der Waals surface area contributed by atoms with Gasteiger partial charge in [0, 0.05) is 5.56 Å². The van der Waals surface area contributed by atoms with E-state index in [4.69, 9.17) is 0 Å². The van der Waals surface area contributed by atoms with E-state index in [1.165, 1.54) is 24.3 Å². The van der Waals surface area contributed by atoms with Gasteiger partial charge < -0.3 is 0 Å². The molecule has 0 amide bonds. The van der Waals surface area contributed by atoms with E-state index in [2.05, 4.69) is 0 Å². The van der Waals surface area contributed by atoms with Gasteiger partial charge in [0.1, 0.15) is 11.6 Å². The van der Waals surface area contributed by atoms with Crippen LogP contribution >= 0.6 is 0 Å². The number of benzene rings is 1. The van der Waals surface area contributed by atoms with Crippen molar-refractivity contribution in [3.05, 3.63) is 41.5 Å². The van der Waals surface area contributed by atoms with E-state index in [1.807, 2.05) is 6.92 Å². The molecule has 0 unspecified atom stereocenters. The van der Waals surface area contributed by atoms with Gasteiger partial charge in [-0.25, -0.2) is 8.78 Å². The van der Waals surface area contributed by atoms with E-state index in [9.17, 15) is 8.78 Å². The van der Waals surface area contributed by atoms with Crippen molar-refractivity contribution in [3.8, 4) is 0 Å². The highest BCUT2D eigenvalue weighted by Gasteiger charge is 2.02. The highest BCUT2D eigenvalue weighted by Crippen LogP contribution is 2.13. The predicted octanol–water partition coefficient (Wildman–Crippen LogP) is 3.39. The molecule has 0 spiro atoms. The van der Waals surface area contributed by atoms with E-state index in [1.54, 1.807) is 6.08 Å². The maximum Gasteiger partial charge on any atom is 0.133 e. The summed E-state index contributed by atoms with van der Waals surface area (Å²) in [6.45, 7) is 1.91. The second kappa shape index (κ2) is 4.00. The van der Waals surface area contributed by atoms with Crippen molar-refractivity contribution in [1.82, 2.24) is 0 Å². The summed E-state index contributed by atoms with van der Waals surface area (Å²) in [5.41, 5.74) is 0.0411. The topological polar surface area (TPSA) is 0 Å². The number of hydrogen-bond donors (Lipinski definition) is 0. The van der Waals surface area contributed by atoms with Crippen LogP contribution in [0.25, 0.3) is 6.08 Å². The van der Waals surface area contributed by atoms with Gasteiger partial charge in [0.2, 0.25) is 0 Å². The van der Waals surface area contributed by atoms with E-state index in [0.29, 0.717) is 0 Å². The minimum absolute atomic E-state index is 0.0411. The van der Waals surface area contributed by atoms with Crippen LogP contribution in [0.1, 0.15) is 18.9 Å². The minimum Gasteiger partial charge on any atom is -0.206 e. The van der Waals surface area contributed by atoms with Gasteiger partial charge in [-0.05, 0) is 18.6 Å². The fraction of sp³-hybridized carbons (Fsp3) is 0.200. The predicted molar refractivity (Wildman–Crippen MR) is 45.7 cm³/mol. The molecular weight excluding hydrogens is 158 g/mol. The fourth-order valence-corrected chi connectivity index (χ4v) is 0.906. The Morgan fingerprint density at radius 1 is 1.25 bits per heavy atom. The Hall–Kier alpha value is -1.18. The van der Waals surface area contributed by atoms with Crippen LogP contribution in [0.5, 0.6) is 0 Å². The molecule has 0 bridgehead atoms. The molecule has 0 heterocycles. The molecule has 2 heteroatoms. The second-order valence-corrected chi connectivity index (χ2v) is 2.45. The first-order valence-electron chi connectivity index (χ1n) is 3.86. The van der Waals surface area contributed by atoms with Gasteiger partial charge in [-0.3, -0.25) is 0 Å². The lowest BCUT2D eigenvalue weighted by atomic mass is 10.2. The van der Waals surface area contributed by atoms with Crippen LogP contribution in [0.4, 0.5) is 8.78 Å². The van der Waals surface area contributed by atoms with Crippen LogP contribution in [-0.4, -0.2) is 0 Å². The molecule has 64 valence electrons. The molecule has 0 saturated carbocycles. The highest BCUT2D eigenvalue weighted by molar-refractivity contribution is 5.50. The molecule has 0 saturated heterocycles. The number of allylic oxidation sites excluding steroid dienone is 1. The monoisotopic (exact) mass is 168 g/mol. The lowest BCUT2D eigenvalue weighted by Gasteiger charge is -1.97. The summed E-state index contributed by atoms with van der Waals surface area (Å²) in [6.07, 6.45) is 3.96. The summed E-state index contributed by atoms with van der Waals surface area (Å²) in [5.74, 6) is -1.03. The third-order valence-electron chi connectivity index (χ3n) is 1.52. The van der Waals surface area contributed by atoms with E-state index < -0.39 is 11.6 Å². The molecule has 12 heavy (non-hydrogen) atoms. The minimum atomic E-state index is -0.514. The summed E-state index contributed by atoms with van der Waals surface area (Å²) < 4.78 is 25.8. The molecule has 1 rings (SSSR count). The number of halogens is 2. The molecule has 0 aromatic heterocycles. The molecule has 0 radical (unpaired) electrons. The average Bonchev–Trinajstić information content (AvgIpc) is 2.04. The van der Waals surface area contributed by atoms with Crippen molar-refractivity contribution >= 4 is 6.08 Å². The number of hydrogen-bond acceptors (Lipinski definition) is 0. The average molecular weight is 168 g/mol. The molecule has 1 aromatic carbocycles. The largest absolute Gasteiger partial charge is 0.206 e. The Bertz CT molecular complexity index is 270. The summed E-state index contributed by atoms with van der Waals surface area (Å²) in [6, 6.07) is 3.85. The maximum atomic E-state index is 12.9. The van der Waals surface area contributed by atoms with Gasteiger partial charge in [-0.1, -0.05) is 25.1 Å². The van der Waals surface area contributed by atoms with Gasteiger partial charge in [-0.2, -0.15) is 0 Å². The first-order chi connectivity index (χ1) is 5.75. The van der Waals surface area contributed by atoms with Crippen molar-refractivity contribution < 1.29 is 8.78 Å². The third kappa shape index (κ3) is 1.91. The quantitative estimate of drug-likeness (QED) is 0.635. The molecule has 0 nitrogen and oxygen atoms in total. The molecule has 0 aliphatic rings. The van der Waals surface area contributed by atoms with E-state index in [-0.39, 0.29) is 5.56 Å². The van der Waals surface area contributed by atoms with Gasteiger partial charge in [0.25, 0.3) is 0 Å². The Morgan fingerprint density at radius 2 is 1.83 bits per heavy atom. The SMILES string of the molecule is CC/C=C/c1c(F)cccc1F. The van der Waals surface area contributed by atoms with Crippen molar-refractivity contribution in [3.63, 3.8) is 0 Å². The lowest BCUT2D eigenvalue weighted by molar-refractivity contribution is 0.578. The van der Waals surface area contributed by atoms with Crippen LogP contribution in [0.3, 0.4) is 0 Å². The standard InChI is InChI=1S/C10H10F2/c1-2-3-5-8-9(11)6-4-7-10(8)12/h3-7H,2H2,1H3/b5-3+. The molecule has 0 N–H and O–H groups in total. The molecule has 0 aliphatic carbocycles. The van der Waals surface area contributed by atoms with Crippen LogP contribution in [0.15, 0.2) is 24.3 Å². The smallest absolute Gasteiger partial charge is 0.133 e. The summed E-state index contributed by atoms with van der Waals surface area (Å²) >= 11 is 0. The molecule has 0 aliphatic heterocycles. The second-order valence-electron chi connectivity index (χ2n) is 2.45. The first-order valence-corrected chi connectivity index (χ1v) is 3.86. The van der Waals surface area contributed by atoms with Crippen LogP contribution < -0.4 is 0 Å². The van der Waals surface area contributed by atoms with Crippen molar-refractivity contribution in [2.24, 2.45) is 0 Å². The normalized spacial score (nSPS) is 10.9. The van der Waals surface area contributed by atoms with E-state index in [0.717, 1.165) is 6.42 Å². The summed E-state index contributed by atoms with van der Waals surface area (Å²) in [4.78, 5) is 0. The Morgan fingerprint density at radius 3 is 2.33 bits per heavy atom. The molecule has 0 fully saturated rings. The van der Waals surface area contributed by atoms with Crippen molar-refractivity contribution in [2.75, 3.05) is 0 Å². The van der Waals surface area contributed by atoms with Gasteiger partial charge in [-0.15, -0.1) is 0 Å².